The lowest BCUT2D eigenvalue weighted by molar-refractivity contribution is -0.159. The second kappa shape index (κ2) is 9.85. The molecule has 1 aliphatic carbocycles. The first-order chi connectivity index (χ1) is 15.7. The molecule has 8 heteroatoms. The van der Waals surface area contributed by atoms with E-state index in [9.17, 15) is 9.59 Å². The number of fused-ring (bicyclic) bond motifs is 1. The smallest absolute Gasteiger partial charge is 0.348 e. The summed E-state index contributed by atoms with van der Waals surface area (Å²) in [6.07, 6.45) is 2.96. The predicted octanol–water partition coefficient (Wildman–Crippen LogP) is 6.21. The summed E-state index contributed by atoms with van der Waals surface area (Å²) < 4.78 is 12.8. The number of hydrogen-bond donors (Lipinski definition) is 0. The number of aryl methyl sites for hydroxylation is 1. The van der Waals surface area contributed by atoms with E-state index in [0.29, 0.717) is 27.7 Å². The van der Waals surface area contributed by atoms with Crippen molar-refractivity contribution in [1.82, 2.24) is 9.78 Å². The van der Waals surface area contributed by atoms with Gasteiger partial charge in [-0.2, -0.15) is 5.10 Å². The molecule has 0 bridgehead atoms. The minimum Gasteiger partial charge on any atom is -0.460 e. The van der Waals surface area contributed by atoms with Gasteiger partial charge in [-0.3, -0.25) is 0 Å². The van der Waals surface area contributed by atoms with Crippen molar-refractivity contribution in [3.8, 4) is 5.69 Å². The molecule has 3 aromatic rings. The molecule has 2 aromatic heterocycles. The Labute approximate surface area is 202 Å². The summed E-state index contributed by atoms with van der Waals surface area (Å²) >= 11 is 7.28. The van der Waals surface area contributed by atoms with Crippen LogP contribution in [0.5, 0.6) is 0 Å². The van der Waals surface area contributed by atoms with Crippen molar-refractivity contribution in [3.63, 3.8) is 0 Å². The predicted molar refractivity (Wildman–Crippen MR) is 130 cm³/mol. The van der Waals surface area contributed by atoms with Gasteiger partial charge in [0.2, 0.25) is 0 Å². The zero-order chi connectivity index (χ0) is 23.7. The van der Waals surface area contributed by atoms with Gasteiger partial charge in [-0.1, -0.05) is 38.8 Å². The maximum Gasteiger partial charge on any atom is 0.348 e. The average Bonchev–Trinajstić information content (AvgIpc) is 3.33. The summed E-state index contributed by atoms with van der Waals surface area (Å²) in [5.74, 6) is 0.301. The third kappa shape index (κ3) is 5.25. The fraction of sp³-hybridized carbons (Fsp3) is 0.480. The molecule has 3 atom stereocenters. The SMILES string of the molecule is Cc1nn(-c2ccc(Cl)cc2)c2sc(C(=O)OCC(=O)O[C@@H]3C[C@@H](C)CC[C@@H]3C(C)C)cc12. The highest BCUT2D eigenvalue weighted by Crippen LogP contribution is 2.35. The zero-order valence-electron chi connectivity index (χ0n) is 19.3. The molecule has 0 spiro atoms. The molecule has 1 fully saturated rings. The second-order valence-electron chi connectivity index (χ2n) is 9.23. The first kappa shape index (κ1) is 23.8. The van der Waals surface area contributed by atoms with Crippen LogP contribution >= 0.6 is 22.9 Å². The van der Waals surface area contributed by atoms with Crippen LogP contribution in [-0.4, -0.2) is 34.4 Å². The van der Waals surface area contributed by atoms with Crippen molar-refractivity contribution in [2.75, 3.05) is 6.61 Å². The van der Waals surface area contributed by atoms with Crippen LogP contribution in [0.25, 0.3) is 15.9 Å². The van der Waals surface area contributed by atoms with Gasteiger partial charge in [0.25, 0.3) is 0 Å². The number of benzene rings is 1. The van der Waals surface area contributed by atoms with Gasteiger partial charge in [0.15, 0.2) is 6.61 Å². The Morgan fingerprint density at radius 1 is 1.24 bits per heavy atom. The number of thiophene rings is 1. The molecule has 176 valence electrons. The Hall–Kier alpha value is -2.38. The fourth-order valence-electron chi connectivity index (χ4n) is 4.55. The van der Waals surface area contributed by atoms with E-state index in [-0.39, 0.29) is 12.7 Å². The lowest BCUT2D eigenvalue weighted by atomic mass is 9.75. The number of hydrogen-bond acceptors (Lipinski definition) is 6. The summed E-state index contributed by atoms with van der Waals surface area (Å²) in [5.41, 5.74) is 1.66. The molecular formula is C25H29ClN2O4S. The minimum absolute atomic E-state index is 0.114. The average molecular weight is 489 g/mol. The highest BCUT2D eigenvalue weighted by molar-refractivity contribution is 7.20. The van der Waals surface area contributed by atoms with Crippen molar-refractivity contribution in [3.05, 3.63) is 45.9 Å². The van der Waals surface area contributed by atoms with E-state index in [4.69, 9.17) is 21.1 Å². The first-order valence-corrected chi connectivity index (χ1v) is 12.5. The highest BCUT2D eigenvalue weighted by atomic mass is 35.5. The van der Waals surface area contributed by atoms with Gasteiger partial charge in [0, 0.05) is 10.4 Å². The Balaban J connectivity index is 1.42. The number of ether oxygens (including phenoxy) is 2. The molecule has 0 N–H and O–H groups in total. The summed E-state index contributed by atoms with van der Waals surface area (Å²) in [4.78, 5) is 26.4. The number of halogens is 1. The normalized spacial score (nSPS) is 20.8. The van der Waals surface area contributed by atoms with E-state index in [1.165, 1.54) is 11.3 Å². The molecule has 0 amide bonds. The lowest BCUT2D eigenvalue weighted by Crippen LogP contribution is -2.36. The zero-order valence-corrected chi connectivity index (χ0v) is 20.9. The van der Waals surface area contributed by atoms with Gasteiger partial charge in [-0.15, -0.1) is 11.3 Å². The molecule has 33 heavy (non-hydrogen) atoms. The van der Waals surface area contributed by atoms with Crippen molar-refractivity contribution in [2.24, 2.45) is 17.8 Å². The molecule has 0 aliphatic heterocycles. The van der Waals surface area contributed by atoms with Crippen LogP contribution < -0.4 is 0 Å². The number of rotatable bonds is 6. The first-order valence-electron chi connectivity index (χ1n) is 11.3. The standard InChI is InChI=1S/C25H29ClN2O4S/c1-14(2)19-10-5-15(3)11-21(19)32-23(29)13-31-25(30)22-12-20-16(4)27-28(24(20)33-22)18-8-6-17(26)7-9-18/h6-9,12,14-15,19,21H,5,10-11,13H2,1-4H3/t15-,19+,21+/m0/s1. The number of aromatic nitrogens is 2. The molecule has 1 aliphatic rings. The van der Waals surface area contributed by atoms with Gasteiger partial charge in [-0.05, 0) is 67.9 Å². The van der Waals surface area contributed by atoms with Gasteiger partial charge >= 0.3 is 11.9 Å². The number of carbonyl (C=O) groups is 2. The maximum absolute atomic E-state index is 12.7. The van der Waals surface area contributed by atoms with Gasteiger partial charge < -0.3 is 9.47 Å². The van der Waals surface area contributed by atoms with Crippen LogP contribution in [0.2, 0.25) is 5.02 Å². The number of esters is 2. The number of carbonyl (C=O) groups excluding carboxylic acids is 2. The Morgan fingerprint density at radius 2 is 1.97 bits per heavy atom. The highest BCUT2D eigenvalue weighted by Gasteiger charge is 2.33. The van der Waals surface area contributed by atoms with E-state index >= 15 is 0 Å². The molecule has 4 rings (SSSR count). The van der Waals surface area contributed by atoms with Crippen LogP contribution in [0.4, 0.5) is 0 Å². The van der Waals surface area contributed by atoms with Crippen molar-refractivity contribution in [1.29, 1.82) is 0 Å². The van der Waals surface area contributed by atoms with E-state index in [0.717, 1.165) is 40.9 Å². The molecule has 0 unspecified atom stereocenters. The van der Waals surface area contributed by atoms with E-state index in [2.05, 4.69) is 25.9 Å². The monoisotopic (exact) mass is 488 g/mol. The summed E-state index contributed by atoms with van der Waals surface area (Å²) in [6.45, 7) is 8.02. The summed E-state index contributed by atoms with van der Waals surface area (Å²) in [5, 5.41) is 6.09. The van der Waals surface area contributed by atoms with Crippen molar-refractivity contribution < 1.29 is 19.1 Å². The third-order valence-electron chi connectivity index (χ3n) is 6.38. The van der Waals surface area contributed by atoms with E-state index in [1.807, 2.05) is 19.1 Å². The molecule has 2 heterocycles. The Kier molecular flexibility index (Phi) is 7.10. The van der Waals surface area contributed by atoms with E-state index < -0.39 is 11.9 Å². The van der Waals surface area contributed by atoms with Crippen LogP contribution in [0.15, 0.2) is 30.3 Å². The van der Waals surface area contributed by atoms with Gasteiger partial charge in [0.05, 0.1) is 11.4 Å². The van der Waals surface area contributed by atoms with Crippen LogP contribution in [0.3, 0.4) is 0 Å². The van der Waals surface area contributed by atoms with Crippen LogP contribution in [0.1, 0.15) is 55.4 Å². The lowest BCUT2D eigenvalue weighted by Gasteiger charge is -2.36. The topological polar surface area (TPSA) is 70.4 Å². The van der Waals surface area contributed by atoms with Gasteiger partial charge in [-0.25, -0.2) is 14.3 Å². The van der Waals surface area contributed by atoms with E-state index in [1.54, 1.807) is 22.9 Å². The Morgan fingerprint density at radius 3 is 2.67 bits per heavy atom. The molecule has 1 aromatic carbocycles. The molecular weight excluding hydrogens is 460 g/mol. The van der Waals surface area contributed by atoms with Crippen molar-refractivity contribution in [2.45, 2.75) is 53.1 Å². The quantitative estimate of drug-likeness (QED) is 0.386. The molecule has 6 nitrogen and oxygen atoms in total. The largest absolute Gasteiger partial charge is 0.460 e. The van der Waals surface area contributed by atoms with Crippen LogP contribution in [-0.2, 0) is 14.3 Å². The second-order valence-corrected chi connectivity index (χ2v) is 10.7. The summed E-state index contributed by atoms with van der Waals surface area (Å²) in [6, 6.07) is 9.10. The van der Waals surface area contributed by atoms with Crippen LogP contribution in [0, 0.1) is 24.7 Å². The Bertz CT molecular complexity index is 1150. The van der Waals surface area contributed by atoms with Crippen molar-refractivity contribution >= 4 is 45.1 Å². The molecule has 0 saturated heterocycles. The number of nitrogens with zero attached hydrogens (tertiary/aromatic N) is 2. The fourth-order valence-corrected chi connectivity index (χ4v) is 5.76. The maximum atomic E-state index is 12.7. The minimum atomic E-state index is -0.535. The summed E-state index contributed by atoms with van der Waals surface area (Å²) in [7, 11) is 0. The third-order valence-corrected chi connectivity index (χ3v) is 7.72. The van der Waals surface area contributed by atoms with Gasteiger partial charge in [0.1, 0.15) is 15.8 Å². The molecule has 1 saturated carbocycles. The molecule has 0 radical (unpaired) electrons.